The second-order valence-electron chi connectivity index (χ2n) is 6.26. The molecule has 0 saturated heterocycles. The maximum atomic E-state index is 12.9. The third kappa shape index (κ3) is 4.36. The van der Waals surface area contributed by atoms with E-state index >= 15 is 0 Å². The first kappa shape index (κ1) is 20.3. The second kappa shape index (κ2) is 7.53. The Balaban J connectivity index is 1.81. The lowest BCUT2D eigenvalue weighted by atomic mass is 10.1. The molecule has 6 nitrogen and oxygen atoms in total. The van der Waals surface area contributed by atoms with E-state index < -0.39 is 48.0 Å². The number of esters is 1. The van der Waals surface area contributed by atoms with Gasteiger partial charge in [0.15, 0.2) is 6.10 Å². The summed E-state index contributed by atoms with van der Waals surface area (Å²) in [5.74, 6) is -2.93. The van der Waals surface area contributed by atoms with E-state index in [4.69, 9.17) is 4.74 Å². The maximum Gasteiger partial charge on any atom is 0.416 e. The Kier molecular flexibility index (Phi) is 5.27. The van der Waals surface area contributed by atoms with E-state index in [0.29, 0.717) is 0 Å². The van der Waals surface area contributed by atoms with Gasteiger partial charge in [0.1, 0.15) is 12.4 Å². The molecule has 2 aromatic rings. The quantitative estimate of drug-likeness (QED) is 0.622. The van der Waals surface area contributed by atoms with Crippen molar-refractivity contribution >= 4 is 29.2 Å². The average molecular weight is 410 g/mol. The molecule has 0 spiro atoms. The topological polar surface area (TPSA) is 75.7 Å². The van der Waals surface area contributed by atoms with Gasteiger partial charge in [0, 0.05) is 0 Å². The van der Waals surface area contributed by atoms with Crippen LogP contribution in [0.15, 0.2) is 42.5 Å². The van der Waals surface area contributed by atoms with Gasteiger partial charge in [-0.05, 0) is 49.4 Å². The van der Waals surface area contributed by atoms with Gasteiger partial charge < -0.3 is 10.1 Å². The van der Waals surface area contributed by atoms with E-state index in [1.807, 2.05) is 0 Å². The molecule has 0 saturated carbocycles. The fourth-order valence-electron chi connectivity index (χ4n) is 2.75. The molecule has 2 amide bonds. The molecular formula is C19H14F4N2O4. The number of anilines is 2. The lowest BCUT2D eigenvalue weighted by Gasteiger charge is -2.31. The molecule has 152 valence electrons. The number of halogens is 4. The Hall–Kier alpha value is -3.43. The van der Waals surface area contributed by atoms with Crippen molar-refractivity contribution < 1.29 is 36.7 Å². The summed E-state index contributed by atoms with van der Waals surface area (Å²) in [6.07, 6.45) is -5.96. The van der Waals surface area contributed by atoms with Gasteiger partial charge in [0.25, 0.3) is 5.91 Å². The van der Waals surface area contributed by atoms with Crippen LogP contribution in [0.4, 0.5) is 28.9 Å². The number of nitrogens with zero attached hydrogens (tertiary/aromatic N) is 1. The molecule has 1 aliphatic heterocycles. The predicted octanol–water partition coefficient (Wildman–Crippen LogP) is 3.38. The first-order chi connectivity index (χ1) is 13.6. The largest absolute Gasteiger partial charge is 0.449 e. The van der Waals surface area contributed by atoms with Gasteiger partial charge in [0.2, 0.25) is 5.91 Å². The van der Waals surface area contributed by atoms with Crippen LogP contribution in [-0.4, -0.2) is 30.4 Å². The molecule has 1 aliphatic rings. The van der Waals surface area contributed by atoms with Gasteiger partial charge in [-0.3, -0.25) is 14.5 Å². The molecule has 0 aliphatic carbocycles. The zero-order valence-corrected chi connectivity index (χ0v) is 14.9. The van der Waals surface area contributed by atoms with Gasteiger partial charge in [0.05, 0.1) is 22.5 Å². The molecular weight excluding hydrogens is 396 g/mol. The number of amides is 2. The molecule has 0 aromatic heterocycles. The molecule has 0 fully saturated rings. The number of rotatable bonds is 3. The van der Waals surface area contributed by atoms with Crippen molar-refractivity contribution in [3.8, 4) is 0 Å². The van der Waals surface area contributed by atoms with E-state index in [9.17, 15) is 31.9 Å². The highest BCUT2D eigenvalue weighted by Gasteiger charge is 2.35. The van der Waals surface area contributed by atoms with Crippen molar-refractivity contribution in [3.63, 3.8) is 0 Å². The molecule has 29 heavy (non-hydrogen) atoms. The zero-order chi connectivity index (χ0) is 21.3. The van der Waals surface area contributed by atoms with E-state index in [1.54, 1.807) is 0 Å². The monoisotopic (exact) mass is 410 g/mol. The highest BCUT2D eigenvalue weighted by molar-refractivity contribution is 6.11. The van der Waals surface area contributed by atoms with E-state index in [2.05, 4.69) is 5.32 Å². The number of carbonyl (C=O) groups is 3. The van der Waals surface area contributed by atoms with Crippen molar-refractivity contribution in [2.45, 2.75) is 19.2 Å². The number of fused-ring (bicyclic) bond motifs is 1. The van der Waals surface area contributed by atoms with Crippen LogP contribution in [0.1, 0.15) is 22.8 Å². The highest BCUT2D eigenvalue weighted by Crippen LogP contribution is 2.37. The Morgan fingerprint density at radius 3 is 2.41 bits per heavy atom. The number of nitrogens with one attached hydrogen (secondary N) is 1. The van der Waals surface area contributed by atoms with Crippen molar-refractivity contribution in [3.05, 3.63) is 59.4 Å². The fourth-order valence-corrected chi connectivity index (χ4v) is 2.75. The summed E-state index contributed by atoms with van der Waals surface area (Å²) in [5, 5.41) is 2.29. The van der Waals surface area contributed by atoms with E-state index in [-0.39, 0.29) is 16.9 Å². The SMILES string of the molecule is CC(OC(=O)c1ccc(F)cc1)C(=O)N1CC(=O)Nc2cc(C(F)(F)F)ccc21. The van der Waals surface area contributed by atoms with E-state index in [0.717, 1.165) is 35.2 Å². The third-order valence-corrected chi connectivity index (χ3v) is 4.17. The summed E-state index contributed by atoms with van der Waals surface area (Å²) in [4.78, 5) is 37.6. The number of carbonyl (C=O) groups excluding carboxylic acids is 3. The number of hydrogen-bond donors (Lipinski definition) is 1. The molecule has 1 unspecified atom stereocenters. The van der Waals surface area contributed by atoms with Crippen LogP contribution >= 0.6 is 0 Å². The molecule has 0 bridgehead atoms. The summed E-state index contributed by atoms with van der Waals surface area (Å²) in [6.45, 7) is 0.815. The highest BCUT2D eigenvalue weighted by atomic mass is 19.4. The summed E-state index contributed by atoms with van der Waals surface area (Å²) in [7, 11) is 0. The third-order valence-electron chi connectivity index (χ3n) is 4.17. The smallest absolute Gasteiger partial charge is 0.416 e. The summed E-state index contributed by atoms with van der Waals surface area (Å²) < 4.78 is 56.7. The number of alkyl halides is 3. The predicted molar refractivity (Wildman–Crippen MR) is 93.7 cm³/mol. The van der Waals surface area contributed by atoms with Crippen molar-refractivity contribution in [2.75, 3.05) is 16.8 Å². The average Bonchev–Trinajstić information content (AvgIpc) is 2.65. The maximum absolute atomic E-state index is 12.9. The Bertz CT molecular complexity index is 973. The van der Waals surface area contributed by atoms with Crippen LogP contribution in [0, 0.1) is 5.82 Å². The molecule has 1 atom stereocenters. The standard InChI is InChI=1S/C19H14F4N2O4/c1-10(29-18(28)11-2-5-13(20)6-3-11)17(27)25-9-16(26)24-14-8-12(19(21,22)23)4-7-15(14)25/h2-8,10H,9H2,1H3,(H,24,26). The summed E-state index contributed by atoms with van der Waals surface area (Å²) in [5.41, 5.74) is -1.10. The van der Waals surface area contributed by atoms with Gasteiger partial charge >= 0.3 is 12.1 Å². The Morgan fingerprint density at radius 2 is 1.79 bits per heavy atom. The van der Waals surface area contributed by atoms with Crippen LogP contribution in [-0.2, 0) is 20.5 Å². The zero-order valence-electron chi connectivity index (χ0n) is 14.9. The Labute approximate surface area is 162 Å². The fraction of sp³-hybridized carbons (Fsp3) is 0.211. The lowest BCUT2D eigenvalue weighted by molar-refractivity contribution is -0.137. The van der Waals surface area contributed by atoms with Crippen molar-refractivity contribution in [1.82, 2.24) is 0 Å². The normalized spacial score (nSPS) is 14.7. The first-order valence-corrected chi connectivity index (χ1v) is 8.35. The van der Waals surface area contributed by atoms with Crippen molar-refractivity contribution in [2.24, 2.45) is 0 Å². The Morgan fingerprint density at radius 1 is 1.14 bits per heavy atom. The van der Waals surface area contributed by atoms with Gasteiger partial charge in [-0.25, -0.2) is 9.18 Å². The lowest BCUT2D eigenvalue weighted by Crippen LogP contribution is -2.47. The molecule has 3 rings (SSSR count). The van der Waals surface area contributed by atoms with Gasteiger partial charge in [-0.2, -0.15) is 13.2 Å². The second-order valence-corrected chi connectivity index (χ2v) is 6.26. The first-order valence-electron chi connectivity index (χ1n) is 8.35. The number of benzene rings is 2. The van der Waals surface area contributed by atoms with Crippen LogP contribution in [0.25, 0.3) is 0 Å². The van der Waals surface area contributed by atoms with Crippen molar-refractivity contribution in [1.29, 1.82) is 0 Å². The minimum absolute atomic E-state index is 0.0117. The number of hydrogen-bond acceptors (Lipinski definition) is 4. The van der Waals surface area contributed by atoms with Gasteiger partial charge in [-0.1, -0.05) is 0 Å². The molecule has 0 radical (unpaired) electrons. The number of ether oxygens (including phenoxy) is 1. The summed E-state index contributed by atoms with van der Waals surface area (Å²) >= 11 is 0. The van der Waals surface area contributed by atoms with Crippen LogP contribution < -0.4 is 10.2 Å². The molecule has 2 aromatic carbocycles. The van der Waals surface area contributed by atoms with Gasteiger partial charge in [-0.15, -0.1) is 0 Å². The minimum Gasteiger partial charge on any atom is -0.449 e. The molecule has 1 heterocycles. The van der Waals surface area contributed by atoms with Crippen LogP contribution in [0.5, 0.6) is 0 Å². The minimum atomic E-state index is -4.62. The van der Waals surface area contributed by atoms with Crippen LogP contribution in [0.3, 0.4) is 0 Å². The van der Waals surface area contributed by atoms with E-state index in [1.165, 1.54) is 19.1 Å². The molecule has 10 heteroatoms. The molecule has 1 N–H and O–H groups in total. The summed E-state index contributed by atoms with van der Waals surface area (Å²) in [6, 6.07) is 7.02. The van der Waals surface area contributed by atoms with Crippen LogP contribution in [0.2, 0.25) is 0 Å².